The van der Waals surface area contributed by atoms with Crippen molar-refractivity contribution in [3.63, 3.8) is 0 Å². The van der Waals surface area contributed by atoms with Gasteiger partial charge >= 0.3 is 0 Å². The molecule has 0 radical (unpaired) electrons. The van der Waals surface area contributed by atoms with Gasteiger partial charge in [-0.25, -0.2) is 0 Å². The number of rotatable bonds is 2. The van der Waals surface area contributed by atoms with E-state index in [4.69, 9.17) is 9.47 Å². The van der Waals surface area contributed by atoms with Crippen molar-refractivity contribution < 1.29 is 9.47 Å². The fraction of sp³-hybridized carbons (Fsp3) is 0.192. The van der Waals surface area contributed by atoms with Crippen molar-refractivity contribution in [2.24, 2.45) is 0 Å². The van der Waals surface area contributed by atoms with Crippen molar-refractivity contribution in [3.8, 4) is 35.2 Å². The lowest BCUT2D eigenvalue weighted by molar-refractivity contribution is 0.414. The Morgan fingerprint density at radius 3 is 1.15 bits per heavy atom. The summed E-state index contributed by atoms with van der Waals surface area (Å²) >= 11 is 0. The fourth-order valence-corrected chi connectivity index (χ4v) is 8.14. The van der Waals surface area contributed by atoms with Crippen LogP contribution in [-0.4, -0.2) is 14.2 Å². The van der Waals surface area contributed by atoms with Gasteiger partial charge in [0.25, 0.3) is 0 Å². The first-order valence-electron chi connectivity index (χ1n) is 18.7. The standard InChI is InChI=1S/C52H42O2/c1-51(2,3)39-27-35-17-23-43-47-33(15-9-31-11-19-41(53-7)20-12-31)25-37-29-40(52(4,5)6)30-38-26-34(16-10-32-13-21-42(54-8)22-14-32)48(50(47)46(37)38)44-24-18-36(28-39)45(35)49(43)44/h11-14,17-30H,1-8H3. The molecule has 0 N–H and O–H groups in total. The van der Waals surface area contributed by atoms with Gasteiger partial charge < -0.3 is 9.47 Å². The molecule has 0 aliphatic rings. The molecule has 54 heavy (non-hydrogen) atoms. The number of methoxy groups -OCH3 is 2. The van der Waals surface area contributed by atoms with Crippen LogP contribution in [0.15, 0.2) is 109 Å². The van der Waals surface area contributed by atoms with E-state index in [1.54, 1.807) is 14.2 Å². The van der Waals surface area contributed by atoms with Crippen molar-refractivity contribution in [2.75, 3.05) is 14.2 Å². The third kappa shape index (κ3) is 5.45. The molecule has 0 fully saturated rings. The molecule has 0 aliphatic heterocycles. The molecule has 0 aromatic heterocycles. The summed E-state index contributed by atoms with van der Waals surface area (Å²) in [5.41, 5.74) is 6.53. The molecule has 0 saturated heterocycles. The SMILES string of the molecule is COc1ccc(C#Cc2cc3cc(C(C)(C)C)cc4cc(C#Cc5ccc(OC)cc5)c5c6ccc7cc(C(C)(C)C)cc8ccc(c2c5c34)c6c87)cc1. The molecule has 9 aromatic rings. The van der Waals surface area contributed by atoms with Crippen LogP contribution in [0.5, 0.6) is 11.5 Å². The van der Waals surface area contributed by atoms with Crippen LogP contribution in [0, 0.1) is 23.7 Å². The summed E-state index contributed by atoms with van der Waals surface area (Å²) in [5, 5.41) is 14.8. The summed E-state index contributed by atoms with van der Waals surface area (Å²) in [7, 11) is 3.38. The lowest BCUT2D eigenvalue weighted by Crippen LogP contribution is -2.11. The number of hydrogen-bond acceptors (Lipinski definition) is 2. The van der Waals surface area contributed by atoms with Crippen LogP contribution < -0.4 is 9.47 Å². The average Bonchev–Trinajstić information content (AvgIpc) is 3.16. The highest BCUT2D eigenvalue weighted by Crippen LogP contribution is 2.49. The molecule has 2 heteroatoms. The predicted octanol–water partition coefficient (Wildman–Crippen LogP) is 12.9. The topological polar surface area (TPSA) is 18.5 Å². The van der Waals surface area contributed by atoms with Gasteiger partial charge in [-0.15, -0.1) is 0 Å². The van der Waals surface area contributed by atoms with E-state index in [9.17, 15) is 0 Å². The summed E-state index contributed by atoms with van der Waals surface area (Å²) < 4.78 is 10.9. The molecule has 0 heterocycles. The summed E-state index contributed by atoms with van der Waals surface area (Å²) in [6, 6.07) is 39.5. The van der Waals surface area contributed by atoms with Gasteiger partial charge in [0, 0.05) is 38.4 Å². The van der Waals surface area contributed by atoms with Gasteiger partial charge in [-0.05, 0) is 131 Å². The first-order valence-corrected chi connectivity index (χ1v) is 18.7. The van der Waals surface area contributed by atoms with E-state index in [0.717, 1.165) is 33.8 Å². The van der Waals surface area contributed by atoms with Crippen LogP contribution in [0.3, 0.4) is 0 Å². The van der Waals surface area contributed by atoms with Gasteiger partial charge in [-0.3, -0.25) is 0 Å². The van der Waals surface area contributed by atoms with Crippen molar-refractivity contribution >= 4 is 64.6 Å². The molecule has 0 saturated carbocycles. The van der Waals surface area contributed by atoms with E-state index in [1.165, 1.54) is 75.8 Å². The summed E-state index contributed by atoms with van der Waals surface area (Å²) in [5.74, 6) is 16.1. The molecule has 9 aromatic carbocycles. The quantitative estimate of drug-likeness (QED) is 0.102. The number of ether oxygens (including phenoxy) is 2. The Morgan fingerprint density at radius 2 is 0.759 bits per heavy atom. The first kappa shape index (κ1) is 33.6. The Kier molecular flexibility index (Phi) is 7.57. The molecule has 9 rings (SSSR count). The second-order valence-electron chi connectivity index (χ2n) is 16.6. The minimum Gasteiger partial charge on any atom is -0.497 e. The third-order valence-corrected chi connectivity index (χ3v) is 11.1. The second kappa shape index (κ2) is 12.2. The van der Waals surface area contributed by atoms with E-state index < -0.39 is 0 Å². The van der Waals surface area contributed by atoms with Gasteiger partial charge in [-0.2, -0.15) is 0 Å². The fourth-order valence-electron chi connectivity index (χ4n) is 8.14. The van der Waals surface area contributed by atoms with Gasteiger partial charge in [0.15, 0.2) is 0 Å². The summed E-state index contributed by atoms with van der Waals surface area (Å²) in [6.07, 6.45) is 0. The normalized spacial score (nSPS) is 12.1. The summed E-state index contributed by atoms with van der Waals surface area (Å²) in [6.45, 7) is 13.7. The highest BCUT2D eigenvalue weighted by Gasteiger charge is 2.24. The van der Waals surface area contributed by atoms with E-state index in [-0.39, 0.29) is 10.8 Å². The van der Waals surface area contributed by atoms with Crippen LogP contribution in [0.25, 0.3) is 64.6 Å². The molecule has 262 valence electrons. The largest absolute Gasteiger partial charge is 0.497 e. The second-order valence-corrected chi connectivity index (χ2v) is 16.6. The molecular formula is C52H42O2. The van der Waals surface area contributed by atoms with Crippen LogP contribution in [0.1, 0.15) is 74.9 Å². The maximum atomic E-state index is 5.44. The van der Waals surface area contributed by atoms with Crippen molar-refractivity contribution in [1.82, 2.24) is 0 Å². The monoisotopic (exact) mass is 698 g/mol. The minimum absolute atomic E-state index is 0.0293. The van der Waals surface area contributed by atoms with E-state index in [2.05, 4.69) is 126 Å². The summed E-state index contributed by atoms with van der Waals surface area (Å²) in [4.78, 5) is 0. The van der Waals surface area contributed by atoms with Crippen LogP contribution >= 0.6 is 0 Å². The Labute approximate surface area is 317 Å². The van der Waals surface area contributed by atoms with Crippen LogP contribution in [0.2, 0.25) is 0 Å². The van der Waals surface area contributed by atoms with Gasteiger partial charge in [0.1, 0.15) is 11.5 Å². The predicted molar refractivity (Wildman–Crippen MR) is 229 cm³/mol. The molecule has 0 amide bonds. The molecule has 0 bridgehead atoms. The lowest BCUT2D eigenvalue weighted by Gasteiger charge is -2.25. The van der Waals surface area contributed by atoms with Crippen molar-refractivity contribution in [3.05, 3.63) is 143 Å². The molecule has 0 spiro atoms. The molecule has 2 nitrogen and oxygen atoms in total. The molecule has 0 atom stereocenters. The number of fused-ring (bicyclic) bond motifs is 2. The average molecular weight is 699 g/mol. The Hall–Kier alpha value is -6.22. The van der Waals surface area contributed by atoms with Crippen molar-refractivity contribution in [2.45, 2.75) is 52.4 Å². The van der Waals surface area contributed by atoms with Crippen molar-refractivity contribution in [1.29, 1.82) is 0 Å². The molecule has 0 unspecified atom stereocenters. The van der Waals surface area contributed by atoms with Gasteiger partial charge in [0.05, 0.1) is 14.2 Å². The van der Waals surface area contributed by atoms with Gasteiger partial charge in [-0.1, -0.05) is 114 Å². The zero-order valence-electron chi connectivity index (χ0n) is 32.2. The van der Waals surface area contributed by atoms with E-state index in [1.807, 2.05) is 48.5 Å². The smallest absolute Gasteiger partial charge is 0.118 e. The zero-order chi connectivity index (χ0) is 37.5. The maximum absolute atomic E-state index is 5.44. The highest BCUT2D eigenvalue weighted by molar-refractivity contribution is 6.41. The lowest BCUT2D eigenvalue weighted by atomic mass is 9.78. The van der Waals surface area contributed by atoms with Crippen LogP contribution in [0.4, 0.5) is 0 Å². The highest BCUT2D eigenvalue weighted by atomic mass is 16.5. The zero-order valence-corrected chi connectivity index (χ0v) is 32.2. The molecule has 0 aliphatic carbocycles. The van der Waals surface area contributed by atoms with Gasteiger partial charge in [0.2, 0.25) is 0 Å². The third-order valence-electron chi connectivity index (χ3n) is 11.1. The number of benzene rings is 9. The Morgan fingerprint density at radius 1 is 0.370 bits per heavy atom. The van der Waals surface area contributed by atoms with Crippen LogP contribution in [-0.2, 0) is 10.8 Å². The number of hydrogen-bond donors (Lipinski definition) is 0. The Bertz CT molecular complexity index is 2870. The maximum Gasteiger partial charge on any atom is 0.118 e. The minimum atomic E-state index is -0.0447. The first-order chi connectivity index (χ1) is 25.9. The molecular weight excluding hydrogens is 657 g/mol. The Balaban J connectivity index is 1.47. The van der Waals surface area contributed by atoms with E-state index in [0.29, 0.717) is 0 Å². The van der Waals surface area contributed by atoms with E-state index >= 15 is 0 Å².